The van der Waals surface area contributed by atoms with Gasteiger partial charge in [-0.2, -0.15) is 5.10 Å². The number of nitrogens with zero attached hydrogens (tertiary/aromatic N) is 1. The second-order valence-corrected chi connectivity index (χ2v) is 5.47. The van der Waals surface area contributed by atoms with E-state index in [-0.39, 0.29) is 5.91 Å². The number of hydrogen-bond acceptors (Lipinski definition) is 3. The Hall–Kier alpha value is -1.58. The van der Waals surface area contributed by atoms with Gasteiger partial charge in [0.1, 0.15) is 5.76 Å². The van der Waals surface area contributed by atoms with E-state index in [0.717, 1.165) is 17.6 Å². The number of carbonyl (C=O) groups excluding carboxylic acids is 1. The summed E-state index contributed by atoms with van der Waals surface area (Å²) in [5.74, 6) is 3.02. The van der Waals surface area contributed by atoms with Crippen molar-refractivity contribution in [2.24, 2.45) is 22.9 Å². The SMILES string of the molecule is Cc1ccc(C(=O)N/N=C/C2CC3CCC2C3)o1. The van der Waals surface area contributed by atoms with Gasteiger partial charge in [-0.25, -0.2) is 5.43 Å². The topological polar surface area (TPSA) is 54.6 Å². The highest BCUT2D eigenvalue weighted by atomic mass is 16.3. The molecule has 4 heteroatoms. The summed E-state index contributed by atoms with van der Waals surface area (Å²) >= 11 is 0. The maximum atomic E-state index is 11.7. The highest BCUT2D eigenvalue weighted by molar-refractivity contribution is 5.91. The van der Waals surface area contributed by atoms with Crippen molar-refractivity contribution < 1.29 is 9.21 Å². The minimum Gasteiger partial charge on any atom is -0.456 e. The van der Waals surface area contributed by atoms with Crippen LogP contribution in [0.2, 0.25) is 0 Å². The summed E-state index contributed by atoms with van der Waals surface area (Å²) in [6, 6.07) is 3.44. The van der Waals surface area contributed by atoms with E-state index in [0.29, 0.717) is 11.7 Å². The van der Waals surface area contributed by atoms with Crippen molar-refractivity contribution in [2.45, 2.75) is 32.6 Å². The lowest BCUT2D eigenvalue weighted by atomic mass is 9.90. The third-order valence-electron chi connectivity index (χ3n) is 4.19. The first-order valence-corrected chi connectivity index (χ1v) is 6.62. The molecule has 0 spiro atoms. The van der Waals surface area contributed by atoms with E-state index in [2.05, 4.69) is 10.5 Å². The number of aryl methyl sites for hydroxylation is 1. The molecule has 1 heterocycles. The Kier molecular flexibility index (Phi) is 2.94. The van der Waals surface area contributed by atoms with Gasteiger partial charge in [0, 0.05) is 6.21 Å². The van der Waals surface area contributed by atoms with Crippen LogP contribution in [-0.2, 0) is 0 Å². The Labute approximate surface area is 106 Å². The van der Waals surface area contributed by atoms with Crippen molar-refractivity contribution in [3.8, 4) is 0 Å². The van der Waals surface area contributed by atoms with E-state index in [1.165, 1.54) is 25.7 Å². The van der Waals surface area contributed by atoms with Crippen molar-refractivity contribution in [1.82, 2.24) is 5.43 Å². The lowest BCUT2D eigenvalue weighted by molar-refractivity contribution is 0.0926. The van der Waals surface area contributed by atoms with E-state index in [1.54, 1.807) is 12.1 Å². The number of rotatable bonds is 3. The second-order valence-electron chi connectivity index (χ2n) is 5.47. The minimum absolute atomic E-state index is 0.275. The Morgan fingerprint density at radius 1 is 1.44 bits per heavy atom. The Bertz CT molecular complexity index is 478. The van der Waals surface area contributed by atoms with Crippen molar-refractivity contribution in [3.63, 3.8) is 0 Å². The van der Waals surface area contributed by atoms with Crippen molar-refractivity contribution >= 4 is 12.1 Å². The van der Waals surface area contributed by atoms with E-state index in [4.69, 9.17) is 4.42 Å². The third kappa shape index (κ3) is 2.19. The van der Waals surface area contributed by atoms with Crippen LogP contribution in [0.3, 0.4) is 0 Å². The molecule has 2 aliphatic rings. The van der Waals surface area contributed by atoms with Crippen LogP contribution in [0.25, 0.3) is 0 Å². The molecule has 18 heavy (non-hydrogen) atoms. The summed E-state index contributed by atoms with van der Waals surface area (Å²) in [7, 11) is 0. The predicted molar refractivity (Wildman–Crippen MR) is 68.3 cm³/mol. The molecule has 3 rings (SSSR count). The van der Waals surface area contributed by atoms with Gasteiger partial charge in [-0.15, -0.1) is 0 Å². The van der Waals surface area contributed by atoms with Gasteiger partial charge < -0.3 is 4.42 Å². The zero-order valence-electron chi connectivity index (χ0n) is 10.6. The van der Waals surface area contributed by atoms with E-state index in [1.807, 2.05) is 13.1 Å². The van der Waals surface area contributed by atoms with E-state index >= 15 is 0 Å². The minimum atomic E-state index is -0.275. The number of furan rings is 1. The summed E-state index contributed by atoms with van der Waals surface area (Å²) in [5.41, 5.74) is 2.54. The molecule has 4 nitrogen and oxygen atoms in total. The predicted octanol–water partition coefficient (Wildman–Crippen LogP) is 2.74. The highest BCUT2D eigenvalue weighted by Gasteiger charge is 2.38. The average Bonchev–Trinajstić information content (AvgIpc) is 3.04. The van der Waals surface area contributed by atoms with Gasteiger partial charge in [0.25, 0.3) is 0 Å². The van der Waals surface area contributed by atoms with Crippen LogP contribution < -0.4 is 5.43 Å². The monoisotopic (exact) mass is 246 g/mol. The molecule has 2 aliphatic carbocycles. The molecule has 2 saturated carbocycles. The van der Waals surface area contributed by atoms with Gasteiger partial charge >= 0.3 is 5.91 Å². The van der Waals surface area contributed by atoms with Gasteiger partial charge in [-0.05, 0) is 56.1 Å². The Balaban J connectivity index is 1.53. The first kappa shape index (κ1) is 11.5. The molecule has 1 N–H and O–H groups in total. The summed E-state index contributed by atoms with van der Waals surface area (Å²) in [5, 5.41) is 4.07. The molecular weight excluding hydrogens is 228 g/mol. The second kappa shape index (κ2) is 4.59. The van der Waals surface area contributed by atoms with Crippen LogP contribution in [-0.4, -0.2) is 12.1 Å². The molecule has 0 aliphatic heterocycles. The van der Waals surface area contributed by atoms with Crippen molar-refractivity contribution in [2.75, 3.05) is 0 Å². The van der Waals surface area contributed by atoms with E-state index in [9.17, 15) is 4.79 Å². The van der Waals surface area contributed by atoms with Crippen LogP contribution >= 0.6 is 0 Å². The first-order chi connectivity index (χ1) is 8.72. The lowest BCUT2D eigenvalue weighted by Gasteiger charge is -2.16. The maximum Gasteiger partial charge on any atom is 0.307 e. The fourth-order valence-electron chi connectivity index (χ4n) is 3.28. The average molecular weight is 246 g/mol. The molecule has 1 aromatic heterocycles. The zero-order valence-corrected chi connectivity index (χ0v) is 10.6. The zero-order chi connectivity index (χ0) is 12.5. The molecular formula is C14H18N2O2. The molecule has 3 unspecified atom stereocenters. The maximum absolute atomic E-state index is 11.7. The Morgan fingerprint density at radius 2 is 2.33 bits per heavy atom. The summed E-state index contributed by atoms with van der Waals surface area (Å²) in [6.07, 6.45) is 7.21. The van der Waals surface area contributed by atoms with Crippen molar-refractivity contribution in [3.05, 3.63) is 23.7 Å². The molecule has 2 bridgehead atoms. The third-order valence-corrected chi connectivity index (χ3v) is 4.19. The van der Waals surface area contributed by atoms with Crippen LogP contribution in [0.4, 0.5) is 0 Å². The van der Waals surface area contributed by atoms with Crippen molar-refractivity contribution in [1.29, 1.82) is 0 Å². The van der Waals surface area contributed by atoms with Gasteiger partial charge in [0.15, 0.2) is 5.76 Å². The van der Waals surface area contributed by atoms with Gasteiger partial charge in [-0.3, -0.25) is 4.79 Å². The summed E-state index contributed by atoms with van der Waals surface area (Å²) < 4.78 is 5.23. The molecule has 3 atom stereocenters. The largest absolute Gasteiger partial charge is 0.456 e. The number of hydrogen-bond donors (Lipinski definition) is 1. The molecule has 1 amide bonds. The van der Waals surface area contributed by atoms with Crippen LogP contribution in [0.15, 0.2) is 21.7 Å². The fourth-order valence-corrected chi connectivity index (χ4v) is 3.28. The normalized spacial score (nSPS) is 30.2. The first-order valence-electron chi connectivity index (χ1n) is 6.62. The van der Waals surface area contributed by atoms with Crippen LogP contribution in [0.1, 0.15) is 42.0 Å². The molecule has 2 fully saturated rings. The van der Waals surface area contributed by atoms with Gasteiger partial charge in [-0.1, -0.05) is 6.42 Å². The summed E-state index contributed by atoms with van der Waals surface area (Å²) in [4.78, 5) is 11.7. The molecule has 0 radical (unpaired) electrons. The van der Waals surface area contributed by atoms with Gasteiger partial charge in [0.2, 0.25) is 0 Å². The van der Waals surface area contributed by atoms with Crippen LogP contribution in [0, 0.1) is 24.7 Å². The number of hydrazone groups is 1. The number of fused-ring (bicyclic) bond motifs is 2. The molecule has 1 aromatic rings. The Morgan fingerprint density at radius 3 is 2.94 bits per heavy atom. The number of nitrogens with one attached hydrogen (secondary N) is 1. The number of carbonyl (C=O) groups is 1. The van der Waals surface area contributed by atoms with Gasteiger partial charge in [0.05, 0.1) is 0 Å². The quantitative estimate of drug-likeness (QED) is 0.658. The summed E-state index contributed by atoms with van der Waals surface area (Å²) in [6.45, 7) is 1.81. The standard InChI is InChI=1S/C14H18N2O2/c1-9-2-5-13(18-9)14(17)16-15-8-12-7-10-3-4-11(12)6-10/h2,5,8,10-12H,3-4,6-7H2,1H3,(H,16,17)/b15-8+. The van der Waals surface area contributed by atoms with E-state index < -0.39 is 0 Å². The molecule has 0 saturated heterocycles. The van der Waals surface area contributed by atoms with Crippen LogP contribution in [0.5, 0.6) is 0 Å². The number of amides is 1. The smallest absolute Gasteiger partial charge is 0.307 e. The highest BCUT2D eigenvalue weighted by Crippen LogP contribution is 2.47. The fraction of sp³-hybridized carbons (Fsp3) is 0.571. The molecule has 96 valence electrons. The molecule has 0 aromatic carbocycles. The lowest BCUT2D eigenvalue weighted by Crippen LogP contribution is -2.19.